The third-order valence-electron chi connectivity index (χ3n) is 2.66. The van der Waals surface area contributed by atoms with Gasteiger partial charge in [-0.15, -0.1) is 6.42 Å². The molecule has 1 rings (SSSR count). The zero-order valence-electron chi connectivity index (χ0n) is 8.82. The second-order valence-electron chi connectivity index (χ2n) is 3.85. The van der Waals surface area contributed by atoms with Crippen molar-refractivity contribution in [1.82, 2.24) is 4.90 Å². The van der Waals surface area contributed by atoms with E-state index in [1.165, 1.54) is 0 Å². The van der Waals surface area contributed by atoms with Gasteiger partial charge >= 0.3 is 0 Å². The number of carbonyl (C=O) groups is 1. The van der Waals surface area contributed by atoms with Crippen LogP contribution in [-0.2, 0) is 9.53 Å². The highest BCUT2D eigenvalue weighted by atomic mass is 16.5. The van der Waals surface area contributed by atoms with Crippen LogP contribution in [0, 0.1) is 24.2 Å². The molecule has 3 nitrogen and oxygen atoms in total. The molecule has 0 aromatic carbocycles. The number of ether oxygens (including phenoxy) is 1. The Hall–Kier alpha value is -1.01. The molecule has 78 valence electrons. The number of hydrogen-bond donors (Lipinski definition) is 0. The molecule has 0 N–H and O–H groups in total. The first-order valence-electron chi connectivity index (χ1n) is 4.93. The molecular formula is C11H17NO2. The SMILES string of the molecule is C#CCN(C)C(=O)C1CCOCC1C. The standard InChI is InChI=1S/C11H17NO2/c1-4-6-12(3)11(13)10-5-7-14-8-9(10)2/h1,9-10H,5-8H2,2-3H3. The molecule has 0 saturated carbocycles. The van der Waals surface area contributed by atoms with Crippen LogP contribution in [0.2, 0.25) is 0 Å². The highest BCUT2D eigenvalue weighted by Gasteiger charge is 2.29. The molecule has 2 atom stereocenters. The monoisotopic (exact) mass is 195 g/mol. The number of amides is 1. The predicted octanol–water partition coefficient (Wildman–Crippen LogP) is 0.751. The van der Waals surface area contributed by atoms with Gasteiger partial charge in [-0.25, -0.2) is 0 Å². The molecule has 1 saturated heterocycles. The topological polar surface area (TPSA) is 29.5 Å². The molecule has 0 aromatic heterocycles. The Morgan fingerprint density at radius 3 is 3.00 bits per heavy atom. The van der Waals surface area contributed by atoms with Crippen molar-refractivity contribution < 1.29 is 9.53 Å². The first kappa shape index (κ1) is 11.1. The Labute approximate surface area is 85.4 Å². The predicted molar refractivity (Wildman–Crippen MR) is 54.6 cm³/mol. The van der Waals surface area contributed by atoms with Gasteiger partial charge in [-0.1, -0.05) is 12.8 Å². The molecule has 3 heteroatoms. The molecule has 0 spiro atoms. The Balaban J connectivity index is 2.54. The van der Waals surface area contributed by atoms with Crippen molar-refractivity contribution in [2.45, 2.75) is 13.3 Å². The summed E-state index contributed by atoms with van der Waals surface area (Å²) in [5.74, 6) is 3.02. The number of carbonyl (C=O) groups excluding carboxylic acids is 1. The Kier molecular flexibility index (Phi) is 3.97. The summed E-state index contributed by atoms with van der Waals surface area (Å²) in [5, 5.41) is 0. The average Bonchev–Trinajstić information content (AvgIpc) is 2.18. The zero-order chi connectivity index (χ0) is 10.6. The second kappa shape index (κ2) is 5.02. The minimum Gasteiger partial charge on any atom is -0.381 e. The molecule has 1 aliphatic rings. The van der Waals surface area contributed by atoms with Crippen molar-refractivity contribution in [3.63, 3.8) is 0 Å². The molecule has 0 aromatic rings. The van der Waals surface area contributed by atoms with Gasteiger partial charge in [0.05, 0.1) is 6.54 Å². The van der Waals surface area contributed by atoms with Gasteiger partial charge in [0.15, 0.2) is 0 Å². The van der Waals surface area contributed by atoms with Crippen molar-refractivity contribution in [1.29, 1.82) is 0 Å². The van der Waals surface area contributed by atoms with Gasteiger partial charge in [0.25, 0.3) is 0 Å². The third-order valence-corrected chi connectivity index (χ3v) is 2.66. The first-order valence-corrected chi connectivity index (χ1v) is 4.93. The summed E-state index contributed by atoms with van der Waals surface area (Å²) in [6.07, 6.45) is 5.98. The molecule has 0 bridgehead atoms. The van der Waals surface area contributed by atoms with Crippen molar-refractivity contribution in [3.8, 4) is 12.3 Å². The summed E-state index contributed by atoms with van der Waals surface area (Å²) in [5.41, 5.74) is 0. The number of nitrogens with zero attached hydrogens (tertiary/aromatic N) is 1. The van der Waals surface area contributed by atoms with E-state index in [2.05, 4.69) is 5.92 Å². The molecule has 1 heterocycles. The fourth-order valence-corrected chi connectivity index (χ4v) is 1.74. The maximum Gasteiger partial charge on any atom is 0.226 e. The first-order chi connectivity index (χ1) is 6.66. The summed E-state index contributed by atoms with van der Waals surface area (Å²) < 4.78 is 5.29. The van der Waals surface area contributed by atoms with E-state index in [9.17, 15) is 4.79 Å². The van der Waals surface area contributed by atoms with Gasteiger partial charge in [0.2, 0.25) is 5.91 Å². The molecule has 2 unspecified atom stereocenters. The fraction of sp³-hybridized carbons (Fsp3) is 0.727. The summed E-state index contributed by atoms with van der Waals surface area (Å²) >= 11 is 0. The van der Waals surface area contributed by atoms with Crippen molar-refractivity contribution in [3.05, 3.63) is 0 Å². The van der Waals surface area contributed by atoms with Crippen molar-refractivity contribution >= 4 is 5.91 Å². The van der Waals surface area contributed by atoms with E-state index in [4.69, 9.17) is 11.2 Å². The molecule has 0 aliphatic carbocycles. The van der Waals surface area contributed by atoms with Crippen molar-refractivity contribution in [2.75, 3.05) is 26.8 Å². The third kappa shape index (κ3) is 2.49. The van der Waals surface area contributed by atoms with Crippen LogP contribution in [0.5, 0.6) is 0 Å². The lowest BCUT2D eigenvalue weighted by Crippen LogP contribution is -2.40. The largest absolute Gasteiger partial charge is 0.381 e. The smallest absolute Gasteiger partial charge is 0.226 e. The van der Waals surface area contributed by atoms with E-state index in [0.717, 1.165) is 6.42 Å². The Bertz CT molecular complexity index is 244. The van der Waals surface area contributed by atoms with Crippen LogP contribution in [0.3, 0.4) is 0 Å². The summed E-state index contributed by atoms with van der Waals surface area (Å²) in [6, 6.07) is 0. The molecular weight excluding hydrogens is 178 g/mol. The molecule has 14 heavy (non-hydrogen) atoms. The molecule has 1 amide bonds. The van der Waals surface area contributed by atoms with E-state index < -0.39 is 0 Å². The summed E-state index contributed by atoms with van der Waals surface area (Å²) in [7, 11) is 1.75. The van der Waals surface area contributed by atoms with Crippen LogP contribution in [0.4, 0.5) is 0 Å². The number of hydrogen-bond acceptors (Lipinski definition) is 2. The van der Waals surface area contributed by atoms with E-state index in [0.29, 0.717) is 25.7 Å². The molecule has 0 radical (unpaired) electrons. The highest BCUT2D eigenvalue weighted by Crippen LogP contribution is 2.22. The Morgan fingerprint density at radius 2 is 2.43 bits per heavy atom. The summed E-state index contributed by atoms with van der Waals surface area (Å²) in [6.45, 7) is 3.80. The van der Waals surface area contributed by atoms with Crippen LogP contribution in [0.1, 0.15) is 13.3 Å². The van der Waals surface area contributed by atoms with Gasteiger partial charge in [-0.3, -0.25) is 4.79 Å². The van der Waals surface area contributed by atoms with Gasteiger partial charge < -0.3 is 9.64 Å². The lowest BCUT2D eigenvalue weighted by Gasteiger charge is -2.30. The lowest BCUT2D eigenvalue weighted by molar-refractivity contribution is -0.139. The van der Waals surface area contributed by atoms with Gasteiger partial charge in [-0.2, -0.15) is 0 Å². The minimum absolute atomic E-state index is 0.0853. The van der Waals surface area contributed by atoms with E-state index in [1.54, 1.807) is 11.9 Å². The van der Waals surface area contributed by atoms with E-state index in [-0.39, 0.29) is 11.8 Å². The van der Waals surface area contributed by atoms with E-state index in [1.807, 2.05) is 6.92 Å². The van der Waals surface area contributed by atoms with Gasteiger partial charge in [-0.05, 0) is 12.3 Å². The van der Waals surface area contributed by atoms with Crippen LogP contribution in [0.25, 0.3) is 0 Å². The second-order valence-corrected chi connectivity index (χ2v) is 3.85. The average molecular weight is 195 g/mol. The maximum absolute atomic E-state index is 11.9. The lowest BCUT2D eigenvalue weighted by atomic mass is 9.89. The van der Waals surface area contributed by atoms with Crippen LogP contribution < -0.4 is 0 Å². The van der Waals surface area contributed by atoms with Crippen molar-refractivity contribution in [2.24, 2.45) is 11.8 Å². The quantitative estimate of drug-likeness (QED) is 0.608. The zero-order valence-corrected chi connectivity index (χ0v) is 8.82. The van der Waals surface area contributed by atoms with Crippen LogP contribution in [-0.4, -0.2) is 37.6 Å². The Morgan fingerprint density at radius 1 is 1.71 bits per heavy atom. The van der Waals surface area contributed by atoms with Crippen LogP contribution in [0.15, 0.2) is 0 Å². The normalized spacial score (nSPS) is 26.6. The van der Waals surface area contributed by atoms with E-state index >= 15 is 0 Å². The van der Waals surface area contributed by atoms with Gasteiger partial charge in [0, 0.05) is 26.2 Å². The van der Waals surface area contributed by atoms with Gasteiger partial charge in [0.1, 0.15) is 0 Å². The molecule has 1 aliphatic heterocycles. The molecule has 1 fully saturated rings. The number of terminal acetylenes is 1. The van der Waals surface area contributed by atoms with Crippen LogP contribution >= 0.6 is 0 Å². The fourth-order valence-electron chi connectivity index (χ4n) is 1.74. The highest BCUT2D eigenvalue weighted by molar-refractivity contribution is 5.79. The minimum atomic E-state index is 0.0853. The maximum atomic E-state index is 11.9. The number of rotatable bonds is 2. The summed E-state index contributed by atoms with van der Waals surface area (Å²) in [4.78, 5) is 13.5.